The summed E-state index contributed by atoms with van der Waals surface area (Å²) in [5, 5.41) is 2.98. The number of aromatic nitrogens is 2. The van der Waals surface area contributed by atoms with Gasteiger partial charge in [-0.25, -0.2) is 4.98 Å². The molecular formula is C20H33N5O2. The molecule has 3 rings (SSSR count). The predicted molar refractivity (Wildman–Crippen MR) is 105 cm³/mol. The van der Waals surface area contributed by atoms with Crippen LogP contribution in [0.1, 0.15) is 72.8 Å². The monoisotopic (exact) mass is 375 g/mol. The zero-order valence-corrected chi connectivity index (χ0v) is 16.8. The third-order valence-electron chi connectivity index (χ3n) is 5.70. The molecule has 1 N–H and O–H groups in total. The number of hydrogen-bond donors (Lipinski definition) is 1. The van der Waals surface area contributed by atoms with Crippen molar-refractivity contribution in [3.63, 3.8) is 0 Å². The number of nitrogens with one attached hydrogen (secondary N) is 1. The molecule has 27 heavy (non-hydrogen) atoms. The molecule has 0 atom stereocenters. The average Bonchev–Trinajstić information content (AvgIpc) is 3.10. The highest BCUT2D eigenvalue weighted by Gasteiger charge is 2.31. The van der Waals surface area contributed by atoms with Gasteiger partial charge in [0.1, 0.15) is 5.69 Å². The van der Waals surface area contributed by atoms with Gasteiger partial charge in [0, 0.05) is 39.3 Å². The van der Waals surface area contributed by atoms with E-state index < -0.39 is 0 Å². The van der Waals surface area contributed by atoms with Gasteiger partial charge in [0.2, 0.25) is 0 Å². The maximum Gasteiger partial charge on any atom is 0.287 e. The van der Waals surface area contributed by atoms with Gasteiger partial charge in [0.15, 0.2) is 5.82 Å². The van der Waals surface area contributed by atoms with Crippen LogP contribution < -0.4 is 5.32 Å². The number of likely N-dealkylation sites (N-methyl/N-ethyl adjacent to an activating group) is 1. The molecule has 1 aromatic heterocycles. The van der Waals surface area contributed by atoms with Gasteiger partial charge in [-0.2, -0.15) is 0 Å². The van der Waals surface area contributed by atoms with Crippen molar-refractivity contribution >= 4 is 11.8 Å². The number of nitrogens with zero attached hydrogens (tertiary/aromatic N) is 4. The number of rotatable bonds is 7. The lowest BCUT2D eigenvalue weighted by atomic mass is 10.1. The van der Waals surface area contributed by atoms with E-state index in [-0.39, 0.29) is 11.8 Å². The molecule has 1 fully saturated rings. The fourth-order valence-electron chi connectivity index (χ4n) is 3.96. The number of imidazole rings is 1. The first-order valence-corrected chi connectivity index (χ1v) is 10.5. The second-order valence-electron chi connectivity index (χ2n) is 7.53. The minimum Gasteiger partial charge on any atom is -0.349 e. The summed E-state index contributed by atoms with van der Waals surface area (Å²) in [5.41, 5.74) is 1.45. The van der Waals surface area contributed by atoms with Gasteiger partial charge in [-0.3, -0.25) is 9.59 Å². The van der Waals surface area contributed by atoms with Crippen molar-refractivity contribution in [1.82, 2.24) is 24.7 Å². The van der Waals surface area contributed by atoms with Crippen LogP contribution in [0.3, 0.4) is 0 Å². The second-order valence-corrected chi connectivity index (χ2v) is 7.53. The molecule has 150 valence electrons. The Bertz CT molecular complexity index is 662. The Balaban J connectivity index is 1.74. The van der Waals surface area contributed by atoms with Crippen LogP contribution in [0, 0.1) is 0 Å². The van der Waals surface area contributed by atoms with E-state index in [1.54, 1.807) is 0 Å². The van der Waals surface area contributed by atoms with E-state index in [2.05, 4.69) is 29.0 Å². The van der Waals surface area contributed by atoms with Crippen LogP contribution >= 0.6 is 0 Å². The summed E-state index contributed by atoms with van der Waals surface area (Å²) in [6.45, 7) is 10.0. The first-order chi connectivity index (χ1) is 13.2. The van der Waals surface area contributed by atoms with E-state index >= 15 is 0 Å². The van der Waals surface area contributed by atoms with Gasteiger partial charge in [0.05, 0.1) is 5.69 Å². The third kappa shape index (κ3) is 4.51. The molecule has 0 bridgehead atoms. The smallest absolute Gasteiger partial charge is 0.287 e. The van der Waals surface area contributed by atoms with E-state index in [1.165, 1.54) is 0 Å². The lowest BCUT2D eigenvalue weighted by molar-refractivity contribution is 0.0636. The zero-order valence-electron chi connectivity index (χ0n) is 16.8. The molecule has 0 unspecified atom stereocenters. The van der Waals surface area contributed by atoms with Crippen LogP contribution in [-0.4, -0.2) is 70.4 Å². The number of unbranched alkanes of at least 4 members (excludes halogenated alkanes) is 2. The third-order valence-corrected chi connectivity index (χ3v) is 5.70. The minimum atomic E-state index is -0.149. The van der Waals surface area contributed by atoms with Crippen LogP contribution in [0.2, 0.25) is 0 Å². The molecule has 7 heteroatoms. The van der Waals surface area contributed by atoms with Gasteiger partial charge in [-0.15, -0.1) is 0 Å². The highest BCUT2D eigenvalue weighted by atomic mass is 16.2. The molecule has 0 saturated carbocycles. The molecule has 3 heterocycles. The molecule has 1 saturated heterocycles. The summed E-state index contributed by atoms with van der Waals surface area (Å²) in [4.78, 5) is 34.5. The summed E-state index contributed by atoms with van der Waals surface area (Å²) < 4.78 is 1.98. The van der Waals surface area contributed by atoms with E-state index in [1.807, 2.05) is 9.47 Å². The van der Waals surface area contributed by atoms with Crippen molar-refractivity contribution in [3.8, 4) is 0 Å². The lowest BCUT2D eigenvalue weighted by Gasteiger charge is -2.33. The number of carbonyl (C=O) groups is 2. The summed E-state index contributed by atoms with van der Waals surface area (Å²) >= 11 is 0. The number of piperazine rings is 1. The van der Waals surface area contributed by atoms with Gasteiger partial charge in [-0.1, -0.05) is 26.7 Å². The maximum absolute atomic E-state index is 13.1. The zero-order chi connectivity index (χ0) is 19.2. The molecule has 0 radical (unpaired) electrons. The van der Waals surface area contributed by atoms with E-state index in [0.717, 1.165) is 83.5 Å². The Kier molecular flexibility index (Phi) is 6.88. The lowest BCUT2D eigenvalue weighted by Crippen LogP contribution is -2.48. The number of carbonyl (C=O) groups excluding carboxylic acids is 2. The molecule has 1 aromatic rings. The average molecular weight is 376 g/mol. The molecule has 2 amide bonds. The normalized spacial score (nSPS) is 17.6. The van der Waals surface area contributed by atoms with Crippen LogP contribution in [0.5, 0.6) is 0 Å². The molecule has 2 aliphatic rings. The molecule has 0 aliphatic carbocycles. The summed E-state index contributed by atoms with van der Waals surface area (Å²) in [6.07, 6.45) is 6.11. The largest absolute Gasteiger partial charge is 0.349 e. The molecular weight excluding hydrogens is 342 g/mol. The van der Waals surface area contributed by atoms with Crippen molar-refractivity contribution < 1.29 is 9.59 Å². The van der Waals surface area contributed by atoms with Gasteiger partial charge in [-0.05, 0) is 32.2 Å². The van der Waals surface area contributed by atoms with Gasteiger partial charge in [0.25, 0.3) is 11.8 Å². The van der Waals surface area contributed by atoms with Crippen LogP contribution in [-0.2, 0) is 13.0 Å². The number of hydrogen-bond acceptors (Lipinski definition) is 4. The van der Waals surface area contributed by atoms with Gasteiger partial charge < -0.3 is 19.7 Å². The first-order valence-electron chi connectivity index (χ1n) is 10.5. The van der Waals surface area contributed by atoms with Gasteiger partial charge >= 0.3 is 0 Å². The molecule has 0 spiro atoms. The Morgan fingerprint density at radius 1 is 1.04 bits per heavy atom. The molecule has 2 aliphatic heterocycles. The quantitative estimate of drug-likeness (QED) is 0.739. The fraction of sp³-hybridized carbons (Fsp3) is 0.750. The van der Waals surface area contributed by atoms with E-state index in [0.29, 0.717) is 18.1 Å². The number of fused-ring (bicyclic) bond motifs is 1. The maximum atomic E-state index is 13.1. The van der Waals surface area contributed by atoms with Crippen LogP contribution in [0.15, 0.2) is 0 Å². The van der Waals surface area contributed by atoms with Crippen molar-refractivity contribution in [1.29, 1.82) is 0 Å². The van der Waals surface area contributed by atoms with Crippen LogP contribution in [0.4, 0.5) is 0 Å². The van der Waals surface area contributed by atoms with E-state index in [9.17, 15) is 9.59 Å². The predicted octanol–water partition coefficient (Wildman–Crippen LogP) is 1.92. The SMILES string of the molecule is CCCCCNC(=O)c1nc(C(=O)N2CCN(CC)CC2)c2n1CCCC2. The Morgan fingerprint density at radius 2 is 1.81 bits per heavy atom. The Morgan fingerprint density at radius 3 is 2.52 bits per heavy atom. The standard InChI is InChI=1S/C20H33N5O2/c1-3-5-7-10-21-19(26)18-22-17(16-9-6-8-11-25(16)18)20(27)24-14-12-23(4-2)13-15-24/h3-15H2,1-2H3,(H,21,26). The van der Waals surface area contributed by atoms with E-state index in [4.69, 9.17) is 0 Å². The molecule has 0 aromatic carbocycles. The summed E-state index contributed by atoms with van der Waals surface area (Å²) in [7, 11) is 0. The number of amides is 2. The Labute approximate surface area is 162 Å². The molecule has 7 nitrogen and oxygen atoms in total. The van der Waals surface area contributed by atoms with Crippen molar-refractivity contribution in [2.45, 2.75) is 58.9 Å². The highest BCUT2D eigenvalue weighted by molar-refractivity contribution is 5.97. The first kappa shape index (κ1) is 19.9. The topological polar surface area (TPSA) is 70.5 Å². The summed E-state index contributed by atoms with van der Waals surface area (Å²) in [6, 6.07) is 0. The van der Waals surface area contributed by atoms with Crippen molar-refractivity contribution in [2.24, 2.45) is 0 Å². The van der Waals surface area contributed by atoms with Crippen molar-refractivity contribution in [2.75, 3.05) is 39.3 Å². The van der Waals surface area contributed by atoms with Crippen LogP contribution in [0.25, 0.3) is 0 Å². The minimum absolute atomic E-state index is 0.0126. The second kappa shape index (κ2) is 9.35. The summed E-state index contributed by atoms with van der Waals surface area (Å²) in [5.74, 6) is 0.252. The van der Waals surface area contributed by atoms with Crippen molar-refractivity contribution in [3.05, 3.63) is 17.2 Å². The fourth-order valence-corrected chi connectivity index (χ4v) is 3.96. The Hall–Kier alpha value is -1.89. The highest BCUT2D eigenvalue weighted by Crippen LogP contribution is 2.23.